The number of anilines is 1. The molecular weight excluding hydrogens is 307 g/mol. The molecule has 0 radical (unpaired) electrons. The molecule has 3 aromatic rings. The van der Waals surface area contributed by atoms with E-state index in [-0.39, 0.29) is 11.9 Å². The Labute approximate surface area is 137 Å². The van der Waals surface area contributed by atoms with Gasteiger partial charge in [0.1, 0.15) is 29.8 Å². The van der Waals surface area contributed by atoms with Gasteiger partial charge in [-0.3, -0.25) is 0 Å². The number of pyridine rings is 1. The number of ether oxygens (including phenoxy) is 1. The fourth-order valence-corrected chi connectivity index (χ4v) is 3.50. The standard InChI is InChI=1S/C18H15FN4O/c1-9-5-21-18(12-6-20-8-23-17(9)12)22-7-11-13(19)2-3-14-16(11)10-4-15(10)24-14/h2-3,5-6,8,10,15H,4,7H2,1H3,(H,21,22). The Morgan fingerprint density at radius 3 is 3.12 bits per heavy atom. The van der Waals surface area contributed by atoms with Crippen molar-refractivity contribution in [3.8, 4) is 5.75 Å². The highest BCUT2D eigenvalue weighted by atomic mass is 19.1. The minimum absolute atomic E-state index is 0.204. The summed E-state index contributed by atoms with van der Waals surface area (Å²) < 4.78 is 20.2. The van der Waals surface area contributed by atoms with Gasteiger partial charge < -0.3 is 10.1 Å². The molecule has 120 valence electrons. The first-order chi connectivity index (χ1) is 11.7. The highest BCUT2D eigenvalue weighted by Gasteiger charge is 2.49. The third-order valence-corrected chi connectivity index (χ3v) is 4.80. The molecule has 0 saturated heterocycles. The van der Waals surface area contributed by atoms with Crippen molar-refractivity contribution in [2.45, 2.75) is 31.9 Å². The normalized spacial score (nSPS) is 20.4. The predicted molar refractivity (Wildman–Crippen MR) is 87.6 cm³/mol. The quantitative estimate of drug-likeness (QED) is 0.801. The number of fused-ring (bicyclic) bond motifs is 4. The molecule has 0 bridgehead atoms. The van der Waals surface area contributed by atoms with Crippen LogP contribution in [0.4, 0.5) is 10.2 Å². The van der Waals surface area contributed by atoms with Crippen LogP contribution in [0.2, 0.25) is 0 Å². The van der Waals surface area contributed by atoms with Crippen molar-refractivity contribution in [2.24, 2.45) is 0 Å². The third kappa shape index (κ3) is 1.95. The summed E-state index contributed by atoms with van der Waals surface area (Å²) in [4.78, 5) is 12.8. The Balaban J connectivity index is 1.51. The molecule has 24 heavy (non-hydrogen) atoms. The molecule has 1 fully saturated rings. The van der Waals surface area contributed by atoms with Crippen molar-refractivity contribution in [1.29, 1.82) is 0 Å². The summed E-state index contributed by atoms with van der Waals surface area (Å²) in [6, 6.07) is 3.21. The second-order valence-corrected chi connectivity index (χ2v) is 6.36. The highest BCUT2D eigenvalue weighted by molar-refractivity contribution is 5.90. The summed E-state index contributed by atoms with van der Waals surface area (Å²) in [7, 11) is 0. The van der Waals surface area contributed by atoms with E-state index < -0.39 is 0 Å². The maximum atomic E-state index is 14.4. The smallest absolute Gasteiger partial charge is 0.137 e. The van der Waals surface area contributed by atoms with E-state index in [2.05, 4.69) is 20.3 Å². The predicted octanol–water partition coefficient (Wildman–Crippen LogP) is 3.33. The molecule has 2 atom stereocenters. The summed E-state index contributed by atoms with van der Waals surface area (Å²) in [5.74, 6) is 1.63. The number of nitrogens with zero attached hydrogens (tertiary/aromatic N) is 3. The molecule has 0 spiro atoms. The van der Waals surface area contributed by atoms with Gasteiger partial charge in [-0.1, -0.05) is 0 Å². The van der Waals surface area contributed by atoms with E-state index in [1.807, 2.05) is 6.92 Å². The van der Waals surface area contributed by atoms with Gasteiger partial charge in [0.2, 0.25) is 0 Å². The molecular formula is C18H15FN4O. The largest absolute Gasteiger partial charge is 0.489 e. The summed E-state index contributed by atoms with van der Waals surface area (Å²) in [5, 5.41) is 4.09. The highest BCUT2D eigenvalue weighted by Crippen LogP contribution is 2.55. The van der Waals surface area contributed by atoms with Gasteiger partial charge in [-0.2, -0.15) is 0 Å². The van der Waals surface area contributed by atoms with Gasteiger partial charge in [0.15, 0.2) is 0 Å². The van der Waals surface area contributed by atoms with E-state index >= 15 is 0 Å². The number of aromatic nitrogens is 3. The fourth-order valence-electron chi connectivity index (χ4n) is 3.50. The molecule has 1 saturated carbocycles. The van der Waals surface area contributed by atoms with E-state index in [4.69, 9.17) is 4.74 Å². The van der Waals surface area contributed by atoms with E-state index in [9.17, 15) is 4.39 Å². The summed E-state index contributed by atoms with van der Waals surface area (Å²) in [5.41, 5.74) is 3.52. The molecule has 2 aromatic heterocycles. The van der Waals surface area contributed by atoms with Crippen LogP contribution in [-0.2, 0) is 6.54 Å². The Hall–Kier alpha value is -2.76. The Bertz CT molecular complexity index is 975. The SMILES string of the molecule is Cc1cnc(NCc2c(F)ccc3c2C2CC2O3)c2cncnc12. The number of hydrogen-bond acceptors (Lipinski definition) is 5. The average Bonchev–Trinajstić information content (AvgIpc) is 3.27. The minimum atomic E-state index is -0.204. The van der Waals surface area contributed by atoms with Gasteiger partial charge in [-0.25, -0.2) is 19.3 Å². The molecule has 1 N–H and O–H groups in total. The molecule has 0 amide bonds. The molecule has 6 heteroatoms. The van der Waals surface area contributed by atoms with E-state index in [0.717, 1.165) is 34.2 Å². The number of nitrogens with one attached hydrogen (secondary N) is 1. The second-order valence-electron chi connectivity index (χ2n) is 6.36. The minimum Gasteiger partial charge on any atom is -0.489 e. The lowest BCUT2D eigenvalue weighted by Gasteiger charge is -2.13. The lowest BCUT2D eigenvalue weighted by molar-refractivity contribution is 0.318. The van der Waals surface area contributed by atoms with Crippen molar-refractivity contribution in [3.05, 3.63) is 53.4 Å². The first-order valence-corrected chi connectivity index (χ1v) is 7.99. The monoisotopic (exact) mass is 322 g/mol. The maximum Gasteiger partial charge on any atom is 0.137 e. The van der Waals surface area contributed by atoms with Crippen LogP contribution in [0.5, 0.6) is 5.75 Å². The van der Waals surface area contributed by atoms with Crippen LogP contribution in [0.15, 0.2) is 30.9 Å². The zero-order valence-corrected chi connectivity index (χ0v) is 13.1. The number of benzene rings is 1. The van der Waals surface area contributed by atoms with Crippen molar-refractivity contribution >= 4 is 16.7 Å². The van der Waals surface area contributed by atoms with Crippen molar-refractivity contribution < 1.29 is 9.13 Å². The fraction of sp³-hybridized carbons (Fsp3) is 0.278. The van der Waals surface area contributed by atoms with Gasteiger partial charge >= 0.3 is 0 Å². The van der Waals surface area contributed by atoms with E-state index in [1.165, 1.54) is 12.4 Å². The zero-order valence-electron chi connectivity index (χ0n) is 13.1. The van der Waals surface area contributed by atoms with Gasteiger partial charge in [-0.05, 0) is 31.0 Å². The maximum absolute atomic E-state index is 14.4. The molecule has 3 heterocycles. The van der Waals surface area contributed by atoms with Crippen LogP contribution in [0.3, 0.4) is 0 Å². The Kier molecular flexibility index (Phi) is 2.77. The summed E-state index contributed by atoms with van der Waals surface area (Å²) in [6.07, 6.45) is 6.25. The molecule has 1 aromatic carbocycles. The summed E-state index contributed by atoms with van der Waals surface area (Å²) in [6.45, 7) is 2.32. The third-order valence-electron chi connectivity index (χ3n) is 4.80. The van der Waals surface area contributed by atoms with Gasteiger partial charge in [0.25, 0.3) is 0 Å². The molecule has 5 rings (SSSR count). The van der Waals surface area contributed by atoms with Crippen LogP contribution in [0.25, 0.3) is 10.9 Å². The van der Waals surface area contributed by atoms with Gasteiger partial charge in [-0.15, -0.1) is 0 Å². The number of aryl methyl sites for hydroxylation is 1. The molecule has 1 aliphatic heterocycles. The zero-order chi connectivity index (χ0) is 16.3. The first kappa shape index (κ1) is 13.7. The summed E-state index contributed by atoms with van der Waals surface area (Å²) >= 11 is 0. The van der Waals surface area contributed by atoms with Crippen molar-refractivity contribution in [2.75, 3.05) is 5.32 Å². The van der Waals surface area contributed by atoms with E-state index in [0.29, 0.717) is 23.8 Å². The van der Waals surface area contributed by atoms with Gasteiger partial charge in [0, 0.05) is 36.0 Å². The average molecular weight is 322 g/mol. The Morgan fingerprint density at radius 2 is 2.21 bits per heavy atom. The lowest BCUT2D eigenvalue weighted by Crippen LogP contribution is -2.07. The second kappa shape index (κ2) is 4.87. The van der Waals surface area contributed by atoms with Crippen molar-refractivity contribution in [1.82, 2.24) is 15.0 Å². The van der Waals surface area contributed by atoms with Crippen LogP contribution >= 0.6 is 0 Å². The number of halogens is 1. The van der Waals surface area contributed by atoms with Gasteiger partial charge in [0.05, 0.1) is 10.9 Å². The molecule has 2 unspecified atom stereocenters. The lowest BCUT2D eigenvalue weighted by atomic mass is 10.0. The van der Waals surface area contributed by atoms with Crippen LogP contribution in [0, 0.1) is 12.7 Å². The van der Waals surface area contributed by atoms with Crippen LogP contribution in [-0.4, -0.2) is 21.1 Å². The molecule has 5 nitrogen and oxygen atoms in total. The topological polar surface area (TPSA) is 59.9 Å². The van der Waals surface area contributed by atoms with E-state index in [1.54, 1.807) is 18.5 Å². The molecule has 2 aliphatic rings. The molecule has 1 aliphatic carbocycles. The number of hydrogen-bond donors (Lipinski definition) is 1. The van der Waals surface area contributed by atoms with Crippen molar-refractivity contribution in [3.63, 3.8) is 0 Å². The first-order valence-electron chi connectivity index (χ1n) is 7.99. The number of rotatable bonds is 3. The van der Waals surface area contributed by atoms with Crippen LogP contribution in [0.1, 0.15) is 29.0 Å². The Morgan fingerprint density at radius 1 is 1.29 bits per heavy atom. The van der Waals surface area contributed by atoms with Crippen LogP contribution < -0.4 is 10.1 Å².